The van der Waals surface area contributed by atoms with E-state index in [0.29, 0.717) is 0 Å². The van der Waals surface area contributed by atoms with Gasteiger partial charge in [0.25, 0.3) is 0 Å². The van der Waals surface area contributed by atoms with Gasteiger partial charge in [-0.15, -0.1) is 0 Å². The van der Waals surface area contributed by atoms with Gasteiger partial charge in [0.05, 0.1) is 23.6 Å². The fourth-order valence-electron chi connectivity index (χ4n) is 1.99. The summed E-state index contributed by atoms with van der Waals surface area (Å²) in [6, 6.07) is 7.29. The summed E-state index contributed by atoms with van der Waals surface area (Å²) in [6.07, 6.45) is 2.10. The lowest BCUT2D eigenvalue weighted by Crippen LogP contribution is -2.12. The zero-order valence-corrected chi connectivity index (χ0v) is 14.4. The van der Waals surface area contributed by atoms with Gasteiger partial charge in [0.2, 0.25) is 0 Å². The largest absolute Gasteiger partial charge is 0.375 e. The number of hydrogen-bond donors (Lipinski definition) is 1. The van der Waals surface area contributed by atoms with Gasteiger partial charge in [-0.05, 0) is 75.0 Å². The van der Waals surface area contributed by atoms with Crippen LogP contribution < -0.4 is 5.32 Å². The minimum Gasteiger partial charge on any atom is -0.375 e. The molecule has 0 spiro atoms. The second kappa shape index (κ2) is 6.68. The molecule has 0 bridgehead atoms. The van der Waals surface area contributed by atoms with Crippen molar-refractivity contribution in [3.63, 3.8) is 0 Å². The maximum Gasteiger partial charge on any atom is 0.141 e. The summed E-state index contributed by atoms with van der Waals surface area (Å²) in [7, 11) is 0. The van der Waals surface area contributed by atoms with Crippen LogP contribution in [0.1, 0.15) is 30.6 Å². The topological polar surface area (TPSA) is 24.9 Å². The molecule has 0 radical (unpaired) electrons. The van der Waals surface area contributed by atoms with Gasteiger partial charge in [0.1, 0.15) is 5.82 Å². The minimum absolute atomic E-state index is 0.0332. The summed E-state index contributed by atoms with van der Waals surface area (Å²) in [6.45, 7) is 4.11. The number of aryl methyl sites for hydroxylation is 1. The number of benzene rings is 1. The van der Waals surface area contributed by atoms with Gasteiger partial charge in [-0.3, -0.25) is 4.98 Å². The van der Waals surface area contributed by atoms with Gasteiger partial charge in [0, 0.05) is 8.95 Å². The van der Waals surface area contributed by atoms with E-state index in [1.54, 1.807) is 6.07 Å². The van der Waals surface area contributed by atoms with Gasteiger partial charge in [-0.25, -0.2) is 4.39 Å². The molecule has 2 rings (SSSR count). The lowest BCUT2D eigenvalue weighted by Gasteiger charge is -2.20. The highest BCUT2D eigenvalue weighted by Gasteiger charge is 2.14. The zero-order chi connectivity index (χ0) is 14.7. The maximum absolute atomic E-state index is 13.0. The van der Waals surface area contributed by atoms with Crippen LogP contribution in [0.2, 0.25) is 0 Å². The average molecular weight is 402 g/mol. The highest BCUT2D eigenvalue weighted by molar-refractivity contribution is 9.11. The predicted octanol–water partition coefficient (Wildman–Crippen LogP) is 5.62. The summed E-state index contributed by atoms with van der Waals surface area (Å²) < 4.78 is 14.9. The Morgan fingerprint density at radius 1 is 1.25 bits per heavy atom. The van der Waals surface area contributed by atoms with Crippen molar-refractivity contribution in [3.8, 4) is 0 Å². The summed E-state index contributed by atoms with van der Waals surface area (Å²) in [5.41, 5.74) is 2.98. The molecule has 0 aliphatic carbocycles. The molecule has 1 N–H and O–H groups in total. The van der Waals surface area contributed by atoms with E-state index < -0.39 is 0 Å². The molecule has 1 unspecified atom stereocenters. The van der Waals surface area contributed by atoms with Gasteiger partial charge in [-0.2, -0.15) is 0 Å². The molecule has 106 valence electrons. The van der Waals surface area contributed by atoms with Crippen molar-refractivity contribution in [2.45, 2.75) is 26.3 Å². The number of hydrogen-bond acceptors (Lipinski definition) is 2. The van der Waals surface area contributed by atoms with E-state index in [1.807, 2.05) is 6.92 Å². The number of nitrogens with one attached hydrogen (secondary N) is 1. The zero-order valence-electron chi connectivity index (χ0n) is 11.3. The van der Waals surface area contributed by atoms with Crippen molar-refractivity contribution in [2.24, 2.45) is 0 Å². The molecule has 1 atom stereocenters. The Hall–Kier alpha value is -0.940. The summed E-state index contributed by atoms with van der Waals surface area (Å²) >= 11 is 7.13. The van der Waals surface area contributed by atoms with Crippen LogP contribution in [0, 0.1) is 12.7 Å². The molecular formula is C15H15Br2FN2. The molecule has 0 amide bonds. The van der Waals surface area contributed by atoms with Crippen LogP contribution in [-0.4, -0.2) is 4.98 Å². The molecule has 0 aliphatic rings. The second-order valence-electron chi connectivity index (χ2n) is 4.61. The molecule has 0 saturated carbocycles. The Morgan fingerprint density at radius 2 is 1.90 bits per heavy atom. The fraction of sp³-hybridized carbons (Fsp3) is 0.267. The lowest BCUT2D eigenvalue weighted by atomic mass is 10.1. The number of aromatic nitrogens is 1. The van der Waals surface area contributed by atoms with Crippen LogP contribution in [0.25, 0.3) is 0 Å². The molecule has 0 saturated heterocycles. The van der Waals surface area contributed by atoms with Gasteiger partial charge >= 0.3 is 0 Å². The molecular weight excluding hydrogens is 387 g/mol. The Labute approximate surface area is 135 Å². The average Bonchev–Trinajstić information content (AvgIpc) is 2.39. The number of pyridine rings is 1. The van der Waals surface area contributed by atoms with Crippen LogP contribution in [0.3, 0.4) is 0 Å². The summed E-state index contributed by atoms with van der Waals surface area (Å²) in [5, 5.41) is 3.45. The van der Waals surface area contributed by atoms with Crippen molar-refractivity contribution in [1.29, 1.82) is 0 Å². The number of halogens is 3. The first-order valence-corrected chi connectivity index (χ1v) is 7.93. The lowest BCUT2D eigenvalue weighted by molar-refractivity contribution is 0.614. The van der Waals surface area contributed by atoms with Gasteiger partial charge < -0.3 is 5.32 Å². The summed E-state index contributed by atoms with van der Waals surface area (Å²) in [5.74, 6) is -0.318. The van der Waals surface area contributed by atoms with Crippen molar-refractivity contribution in [1.82, 2.24) is 4.98 Å². The van der Waals surface area contributed by atoms with E-state index in [9.17, 15) is 4.39 Å². The van der Waals surface area contributed by atoms with E-state index >= 15 is 0 Å². The van der Waals surface area contributed by atoms with Crippen LogP contribution in [0.5, 0.6) is 0 Å². The van der Waals surface area contributed by atoms with E-state index in [2.05, 4.69) is 61.2 Å². The second-order valence-corrected chi connectivity index (χ2v) is 6.32. The monoisotopic (exact) mass is 400 g/mol. The van der Waals surface area contributed by atoms with E-state index in [1.165, 1.54) is 17.8 Å². The molecule has 0 fully saturated rings. The Bertz CT molecular complexity index is 576. The maximum atomic E-state index is 13.0. The van der Waals surface area contributed by atoms with Crippen molar-refractivity contribution in [3.05, 3.63) is 56.5 Å². The van der Waals surface area contributed by atoms with Crippen molar-refractivity contribution < 1.29 is 4.39 Å². The predicted molar refractivity (Wildman–Crippen MR) is 87.4 cm³/mol. The SMILES string of the molecule is CCC(Nc1c(Br)cc(C)cc1Br)c1ccc(F)cn1. The third-order valence-corrected chi connectivity index (χ3v) is 4.27. The highest BCUT2D eigenvalue weighted by Crippen LogP contribution is 2.35. The van der Waals surface area contributed by atoms with E-state index in [0.717, 1.165) is 26.7 Å². The first-order chi connectivity index (χ1) is 9.51. The molecule has 1 aromatic carbocycles. The Kier molecular flexibility index (Phi) is 5.16. The van der Waals surface area contributed by atoms with Crippen LogP contribution >= 0.6 is 31.9 Å². The number of anilines is 1. The Balaban J connectivity index is 2.29. The standard InChI is InChI=1S/C15H15Br2FN2/c1-3-13(14-5-4-10(18)8-19-14)20-15-11(16)6-9(2)7-12(15)17/h4-8,13,20H,3H2,1-2H3. The molecule has 1 heterocycles. The van der Waals surface area contributed by atoms with Crippen molar-refractivity contribution >= 4 is 37.5 Å². The van der Waals surface area contributed by atoms with Crippen LogP contribution in [0.15, 0.2) is 39.4 Å². The quantitative estimate of drug-likeness (QED) is 0.719. The molecule has 2 aromatic rings. The number of nitrogens with zero attached hydrogens (tertiary/aromatic N) is 1. The van der Waals surface area contributed by atoms with E-state index in [4.69, 9.17) is 0 Å². The molecule has 2 nitrogen and oxygen atoms in total. The Morgan fingerprint density at radius 3 is 2.40 bits per heavy atom. The van der Waals surface area contributed by atoms with Crippen molar-refractivity contribution in [2.75, 3.05) is 5.32 Å². The third-order valence-electron chi connectivity index (χ3n) is 3.02. The highest BCUT2D eigenvalue weighted by atomic mass is 79.9. The molecule has 5 heteroatoms. The van der Waals surface area contributed by atoms with Gasteiger partial charge in [0.15, 0.2) is 0 Å². The first kappa shape index (κ1) is 15.4. The fourth-order valence-corrected chi connectivity index (χ4v) is 3.63. The van der Waals surface area contributed by atoms with E-state index in [-0.39, 0.29) is 11.9 Å². The van der Waals surface area contributed by atoms with Crippen LogP contribution in [-0.2, 0) is 0 Å². The number of rotatable bonds is 4. The van der Waals surface area contributed by atoms with Gasteiger partial charge in [-0.1, -0.05) is 6.92 Å². The molecule has 0 aliphatic heterocycles. The first-order valence-electron chi connectivity index (χ1n) is 6.35. The third kappa shape index (κ3) is 3.58. The van der Waals surface area contributed by atoms with Crippen LogP contribution in [0.4, 0.5) is 10.1 Å². The molecule has 20 heavy (non-hydrogen) atoms. The smallest absolute Gasteiger partial charge is 0.141 e. The minimum atomic E-state index is -0.318. The summed E-state index contributed by atoms with van der Waals surface area (Å²) in [4.78, 5) is 4.15. The molecule has 1 aromatic heterocycles. The normalized spacial score (nSPS) is 12.2.